The number of methoxy groups -OCH3 is 1. The van der Waals surface area contributed by atoms with Crippen LogP contribution in [0.4, 0.5) is 0 Å². The van der Waals surface area contributed by atoms with Gasteiger partial charge in [0.25, 0.3) is 11.9 Å². The molecule has 0 unspecified atom stereocenters. The lowest BCUT2D eigenvalue weighted by Crippen LogP contribution is -2.28. The van der Waals surface area contributed by atoms with Gasteiger partial charge in [-0.3, -0.25) is 14.9 Å². The number of ether oxygens (including phenoxy) is 1. The predicted molar refractivity (Wildman–Crippen MR) is 54.8 cm³/mol. The summed E-state index contributed by atoms with van der Waals surface area (Å²) < 4.78 is 4.66. The van der Waals surface area contributed by atoms with Crippen molar-refractivity contribution < 1.29 is 19.7 Å². The summed E-state index contributed by atoms with van der Waals surface area (Å²) in [6.45, 7) is 1.27. The van der Waals surface area contributed by atoms with Crippen LogP contribution in [0.25, 0.3) is 0 Å². The van der Waals surface area contributed by atoms with Crippen LogP contribution >= 0.6 is 0 Å². The fourth-order valence-corrected chi connectivity index (χ4v) is 0.978. The molecule has 0 aliphatic heterocycles. The van der Waals surface area contributed by atoms with Gasteiger partial charge in [0.05, 0.1) is 0 Å². The summed E-state index contributed by atoms with van der Waals surface area (Å²) in [6, 6.07) is -1.11. The van der Waals surface area contributed by atoms with Crippen LogP contribution in [0.3, 0.4) is 0 Å². The van der Waals surface area contributed by atoms with Crippen molar-refractivity contribution in [3.05, 3.63) is 21.8 Å². The first kappa shape index (κ1) is 14.0. The third kappa shape index (κ3) is 4.05. The maximum atomic E-state index is 10.7. The van der Waals surface area contributed by atoms with E-state index < -0.39 is 22.6 Å². The van der Waals surface area contributed by atoms with Gasteiger partial charge in [0.1, 0.15) is 6.61 Å². The van der Waals surface area contributed by atoms with Crippen LogP contribution in [-0.2, 0) is 9.53 Å². The van der Waals surface area contributed by atoms with E-state index in [1.54, 1.807) is 0 Å². The molecule has 1 amide bonds. The molecule has 0 aromatic heterocycles. The van der Waals surface area contributed by atoms with E-state index in [-0.39, 0.29) is 12.2 Å². The van der Waals surface area contributed by atoms with Gasteiger partial charge >= 0.3 is 0 Å². The van der Waals surface area contributed by atoms with Gasteiger partial charge < -0.3 is 15.7 Å². The zero-order valence-corrected chi connectivity index (χ0v) is 8.91. The van der Waals surface area contributed by atoms with E-state index in [4.69, 9.17) is 10.9 Å². The number of rotatable bonds is 6. The molecule has 8 nitrogen and oxygen atoms in total. The average Bonchev–Trinajstić information content (AvgIpc) is 2.21. The summed E-state index contributed by atoms with van der Waals surface area (Å²) in [4.78, 5) is 20.8. The van der Waals surface area contributed by atoms with E-state index in [0.717, 1.165) is 6.08 Å². The Hall–Kier alpha value is -1.96. The largest absolute Gasteiger partial charge is 0.410 e. The van der Waals surface area contributed by atoms with Crippen LogP contribution < -0.4 is 5.73 Å². The first-order valence-electron chi connectivity index (χ1n) is 4.26. The zero-order chi connectivity index (χ0) is 12.7. The second kappa shape index (κ2) is 6.51. The Morgan fingerprint density at radius 3 is 2.62 bits per heavy atom. The molecular weight excluding hydrogens is 218 g/mol. The third-order valence-electron chi connectivity index (χ3n) is 1.83. The summed E-state index contributed by atoms with van der Waals surface area (Å²) in [5, 5.41) is 21.7. The number of oxime groups is 1. The van der Waals surface area contributed by atoms with Crippen molar-refractivity contribution in [1.82, 2.24) is 0 Å². The summed E-state index contributed by atoms with van der Waals surface area (Å²) in [7, 11) is 1.32. The molecule has 0 aromatic rings. The lowest BCUT2D eigenvalue weighted by molar-refractivity contribution is -0.515. The highest BCUT2D eigenvalue weighted by Crippen LogP contribution is 2.06. The minimum absolute atomic E-state index is 0.146. The normalized spacial score (nSPS) is 14.6. The molecule has 0 rings (SSSR count). The van der Waals surface area contributed by atoms with E-state index in [2.05, 4.69) is 9.89 Å². The smallest absolute Gasteiger partial charge is 0.270 e. The Bertz CT molecular complexity index is 337. The Morgan fingerprint density at radius 2 is 2.31 bits per heavy atom. The minimum atomic E-state index is -1.11. The fourth-order valence-electron chi connectivity index (χ4n) is 0.978. The van der Waals surface area contributed by atoms with Crippen molar-refractivity contribution in [3.63, 3.8) is 0 Å². The molecule has 16 heavy (non-hydrogen) atoms. The monoisotopic (exact) mass is 231 g/mol. The highest BCUT2D eigenvalue weighted by molar-refractivity contribution is 6.42. The zero-order valence-electron chi connectivity index (χ0n) is 8.91. The lowest BCUT2D eigenvalue weighted by atomic mass is 10.1. The second-order valence-electron chi connectivity index (χ2n) is 2.99. The van der Waals surface area contributed by atoms with Crippen LogP contribution in [0.15, 0.2) is 16.8 Å². The number of nitrogens with zero attached hydrogens (tertiary/aromatic N) is 2. The standard InChI is InChI=1S/C8H13N3O5/c1-5(3-6(10-13)8(9)12)7(4-16-2)11(14)15/h3,7,13H,4H2,1-2H3,(H2,9,12)/b5-3+,10-6+/t7-/m0/s1. The van der Waals surface area contributed by atoms with Crippen LogP contribution in [0.2, 0.25) is 0 Å². The topological polar surface area (TPSA) is 128 Å². The molecule has 0 aromatic carbocycles. The highest BCUT2D eigenvalue weighted by atomic mass is 16.6. The number of amides is 1. The van der Waals surface area contributed by atoms with Gasteiger partial charge in [-0.1, -0.05) is 5.16 Å². The van der Waals surface area contributed by atoms with E-state index in [1.165, 1.54) is 14.0 Å². The van der Waals surface area contributed by atoms with E-state index in [0.29, 0.717) is 0 Å². The third-order valence-corrected chi connectivity index (χ3v) is 1.83. The second-order valence-corrected chi connectivity index (χ2v) is 2.99. The summed E-state index contributed by atoms with van der Waals surface area (Å²) in [6.07, 6.45) is 1.05. The minimum Gasteiger partial charge on any atom is -0.410 e. The molecule has 3 N–H and O–H groups in total. The molecule has 8 heteroatoms. The molecule has 90 valence electrons. The van der Waals surface area contributed by atoms with Gasteiger partial charge in [0, 0.05) is 17.6 Å². The molecule has 0 aliphatic carbocycles. The van der Waals surface area contributed by atoms with Gasteiger partial charge in [-0.25, -0.2) is 0 Å². The number of hydrogen-bond donors (Lipinski definition) is 2. The van der Waals surface area contributed by atoms with Crippen LogP contribution in [0.5, 0.6) is 0 Å². The van der Waals surface area contributed by atoms with Crippen LogP contribution in [0.1, 0.15) is 6.92 Å². The van der Waals surface area contributed by atoms with E-state index in [1.807, 2.05) is 0 Å². The number of nitrogens with two attached hydrogens (primary N) is 1. The van der Waals surface area contributed by atoms with Crippen molar-refractivity contribution in [1.29, 1.82) is 0 Å². The van der Waals surface area contributed by atoms with Crippen molar-refractivity contribution in [3.8, 4) is 0 Å². The fraction of sp³-hybridized carbons (Fsp3) is 0.500. The molecule has 0 saturated heterocycles. The van der Waals surface area contributed by atoms with Crippen molar-refractivity contribution in [2.75, 3.05) is 13.7 Å². The van der Waals surface area contributed by atoms with Gasteiger partial charge in [-0.15, -0.1) is 0 Å². The summed E-state index contributed by atoms with van der Waals surface area (Å²) >= 11 is 0. The first-order chi connectivity index (χ1) is 7.43. The SMILES string of the molecule is COC[C@@H](/C(C)=C/C(=N\O)C(N)=O)[N+](=O)[O-]. The Balaban J connectivity index is 4.98. The number of hydrogen-bond acceptors (Lipinski definition) is 6. The number of carbonyl (C=O) groups excluding carboxylic acids is 1. The molecule has 0 heterocycles. The molecule has 0 saturated carbocycles. The molecule has 0 spiro atoms. The lowest BCUT2D eigenvalue weighted by Gasteiger charge is -2.08. The van der Waals surface area contributed by atoms with Gasteiger partial charge in [0.15, 0.2) is 5.71 Å². The predicted octanol–water partition coefficient (Wildman–Crippen LogP) is -0.460. The average molecular weight is 231 g/mol. The molecule has 0 radical (unpaired) electrons. The summed E-state index contributed by atoms with van der Waals surface area (Å²) in [5.41, 5.74) is 4.63. The number of carbonyl (C=O) groups is 1. The Kier molecular flexibility index (Phi) is 5.71. The summed E-state index contributed by atoms with van der Waals surface area (Å²) in [5.74, 6) is -0.971. The Morgan fingerprint density at radius 1 is 1.75 bits per heavy atom. The van der Waals surface area contributed by atoms with Crippen molar-refractivity contribution >= 4 is 11.6 Å². The van der Waals surface area contributed by atoms with Crippen LogP contribution in [0, 0.1) is 10.1 Å². The first-order valence-corrected chi connectivity index (χ1v) is 4.26. The molecule has 0 bridgehead atoms. The van der Waals surface area contributed by atoms with Gasteiger partial charge in [-0.05, 0) is 13.0 Å². The molecule has 0 fully saturated rings. The Labute approximate surface area is 91.5 Å². The van der Waals surface area contributed by atoms with Gasteiger partial charge in [-0.2, -0.15) is 0 Å². The van der Waals surface area contributed by atoms with E-state index in [9.17, 15) is 14.9 Å². The van der Waals surface area contributed by atoms with Gasteiger partial charge in [0.2, 0.25) is 0 Å². The molecular formula is C8H13N3O5. The van der Waals surface area contributed by atoms with Crippen molar-refractivity contribution in [2.24, 2.45) is 10.9 Å². The van der Waals surface area contributed by atoms with Crippen molar-refractivity contribution in [2.45, 2.75) is 13.0 Å². The number of primary amides is 1. The number of nitro groups is 1. The highest BCUT2D eigenvalue weighted by Gasteiger charge is 2.23. The maximum Gasteiger partial charge on any atom is 0.270 e. The quantitative estimate of drug-likeness (QED) is 0.276. The van der Waals surface area contributed by atoms with Crippen LogP contribution in [-0.4, -0.2) is 41.5 Å². The molecule has 0 aliphatic rings. The van der Waals surface area contributed by atoms with E-state index >= 15 is 0 Å². The molecule has 1 atom stereocenters. The maximum absolute atomic E-state index is 10.7.